The largest absolute Gasteiger partial charge is 0.489 e. The smallest absolute Gasteiger partial charge is 0.145 e. The van der Waals surface area contributed by atoms with Crippen LogP contribution < -0.4 is 4.74 Å². The topological polar surface area (TPSA) is 27.1 Å². The first kappa shape index (κ1) is 10.6. The van der Waals surface area contributed by atoms with Crippen molar-refractivity contribution in [3.05, 3.63) is 60.4 Å². The van der Waals surface area contributed by atoms with E-state index in [0.29, 0.717) is 12.6 Å². The Morgan fingerprint density at radius 1 is 1.11 bits per heavy atom. The van der Waals surface area contributed by atoms with Gasteiger partial charge in [0.1, 0.15) is 17.9 Å². The molecule has 2 aromatic carbocycles. The fourth-order valence-corrected chi connectivity index (χ4v) is 2.76. The predicted molar refractivity (Wildman–Crippen MR) is 74.4 cm³/mol. The van der Waals surface area contributed by atoms with Crippen LogP contribution in [0.15, 0.2) is 54.9 Å². The maximum absolute atomic E-state index is 5.88. The monoisotopic (exact) mass is 250 g/mol. The van der Waals surface area contributed by atoms with Crippen LogP contribution >= 0.6 is 0 Å². The Hall–Kier alpha value is -2.29. The van der Waals surface area contributed by atoms with E-state index in [9.17, 15) is 0 Å². The van der Waals surface area contributed by atoms with Crippen LogP contribution in [-0.4, -0.2) is 16.2 Å². The lowest BCUT2D eigenvalue weighted by atomic mass is 10.1. The van der Waals surface area contributed by atoms with Crippen molar-refractivity contribution in [2.24, 2.45) is 0 Å². The van der Waals surface area contributed by atoms with Crippen LogP contribution in [0.1, 0.15) is 11.6 Å². The Kier molecular flexibility index (Phi) is 2.30. The van der Waals surface area contributed by atoms with Gasteiger partial charge in [-0.05, 0) is 24.1 Å². The van der Waals surface area contributed by atoms with E-state index in [4.69, 9.17) is 4.74 Å². The molecule has 0 spiro atoms. The molecule has 3 nitrogen and oxygen atoms in total. The molecule has 0 saturated carbocycles. The van der Waals surface area contributed by atoms with Crippen LogP contribution in [0.3, 0.4) is 0 Å². The fourth-order valence-electron chi connectivity index (χ4n) is 2.76. The number of hydrogen-bond acceptors (Lipinski definition) is 2. The second kappa shape index (κ2) is 4.12. The zero-order chi connectivity index (χ0) is 12.7. The van der Waals surface area contributed by atoms with Gasteiger partial charge in [-0.25, -0.2) is 4.98 Å². The minimum Gasteiger partial charge on any atom is -0.489 e. The van der Waals surface area contributed by atoms with Gasteiger partial charge in [-0.2, -0.15) is 0 Å². The lowest BCUT2D eigenvalue weighted by Gasteiger charge is -2.25. The number of aromatic nitrogens is 2. The van der Waals surface area contributed by atoms with Gasteiger partial charge in [0.2, 0.25) is 0 Å². The Bertz CT molecular complexity index is 718. The molecule has 3 heteroatoms. The highest BCUT2D eigenvalue weighted by atomic mass is 16.5. The summed E-state index contributed by atoms with van der Waals surface area (Å²) in [5.41, 5.74) is 3.46. The van der Waals surface area contributed by atoms with Crippen molar-refractivity contribution in [1.82, 2.24) is 9.55 Å². The molecule has 1 aliphatic rings. The molecule has 2 heterocycles. The normalized spacial score (nSPS) is 17.4. The first-order valence-corrected chi connectivity index (χ1v) is 6.54. The molecule has 4 rings (SSSR count). The number of para-hydroxylation sites is 1. The lowest BCUT2D eigenvalue weighted by Crippen LogP contribution is -2.23. The van der Waals surface area contributed by atoms with Crippen molar-refractivity contribution in [3.8, 4) is 5.75 Å². The number of nitrogens with zero attached hydrogens (tertiary/aromatic N) is 2. The van der Waals surface area contributed by atoms with E-state index in [1.165, 1.54) is 5.56 Å². The second-order valence-corrected chi connectivity index (χ2v) is 4.93. The number of rotatable bonds is 2. The molecule has 19 heavy (non-hydrogen) atoms. The van der Waals surface area contributed by atoms with Crippen LogP contribution in [0, 0.1) is 0 Å². The molecule has 1 aliphatic heterocycles. The molecule has 3 aromatic rings. The minimum atomic E-state index is 0.322. The van der Waals surface area contributed by atoms with Crippen molar-refractivity contribution in [3.63, 3.8) is 0 Å². The van der Waals surface area contributed by atoms with Crippen molar-refractivity contribution in [2.75, 3.05) is 6.61 Å². The molecule has 0 aliphatic carbocycles. The molecule has 1 unspecified atom stereocenters. The average Bonchev–Trinajstić information content (AvgIpc) is 2.89. The maximum atomic E-state index is 5.88. The van der Waals surface area contributed by atoms with Gasteiger partial charge in [-0.15, -0.1) is 0 Å². The van der Waals surface area contributed by atoms with Gasteiger partial charge < -0.3 is 9.30 Å². The third-order valence-corrected chi connectivity index (χ3v) is 3.70. The van der Waals surface area contributed by atoms with E-state index in [0.717, 1.165) is 23.2 Å². The number of imidazole rings is 1. The van der Waals surface area contributed by atoms with Gasteiger partial charge in [-0.3, -0.25) is 0 Å². The molecule has 0 fully saturated rings. The third kappa shape index (κ3) is 1.70. The zero-order valence-electron chi connectivity index (χ0n) is 10.5. The summed E-state index contributed by atoms with van der Waals surface area (Å²) in [7, 11) is 0. The zero-order valence-corrected chi connectivity index (χ0v) is 10.5. The van der Waals surface area contributed by atoms with E-state index in [1.807, 2.05) is 30.6 Å². The minimum absolute atomic E-state index is 0.322. The van der Waals surface area contributed by atoms with Crippen LogP contribution in [0.4, 0.5) is 0 Å². The van der Waals surface area contributed by atoms with E-state index in [2.05, 4.69) is 33.8 Å². The summed E-state index contributed by atoms with van der Waals surface area (Å²) in [6, 6.07) is 16.9. The lowest BCUT2D eigenvalue weighted by molar-refractivity contribution is 0.236. The Balaban J connectivity index is 1.76. The number of ether oxygens (including phenoxy) is 1. The SMILES string of the molecule is c1ccc(CC2COc3cccc4ncn2c34)cc1. The van der Waals surface area contributed by atoms with Crippen molar-refractivity contribution in [1.29, 1.82) is 0 Å². The van der Waals surface area contributed by atoms with Gasteiger partial charge >= 0.3 is 0 Å². The Morgan fingerprint density at radius 3 is 2.89 bits per heavy atom. The molecule has 0 N–H and O–H groups in total. The maximum Gasteiger partial charge on any atom is 0.145 e. The van der Waals surface area contributed by atoms with Gasteiger partial charge in [0.15, 0.2) is 0 Å². The van der Waals surface area contributed by atoms with E-state index < -0.39 is 0 Å². The van der Waals surface area contributed by atoms with E-state index in [1.54, 1.807) is 0 Å². The number of benzene rings is 2. The summed E-state index contributed by atoms with van der Waals surface area (Å²) in [5.74, 6) is 0.944. The quantitative estimate of drug-likeness (QED) is 0.698. The summed E-state index contributed by atoms with van der Waals surface area (Å²) in [6.07, 6.45) is 2.91. The van der Waals surface area contributed by atoms with Gasteiger partial charge in [0.25, 0.3) is 0 Å². The van der Waals surface area contributed by atoms with Crippen molar-refractivity contribution < 1.29 is 4.74 Å². The first-order valence-electron chi connectivity index (χ1n) is 6.54. The summed E-state index contributed by atoms with van der Waals surface area (Å²) in [5, 5.41) is 0. The molecular weight excluding hydrogens is 236 g/mol. The first-order chi connectivity index (χ1) is 9.42. The van der Waals surface area contributed by atoms with Crippen molar-refractivity contribution >= 4 is 11.0 Å². The molecule has 94 valence electrons. The molecule has 0 bridgehead atoms. The third-order valence-electron chi connectivity index (χ3n) is 3.70. The van der Waals surface area contributed by atoms with Crippen LogP contribution in [-0.2, 0) is 6.42 Å². The van der Waals surface area contributed by atoms with Gasteiger partial charge in [-0.1, -0.05) is 36.4 Å². The summed E-state index contributed by atoms with van der Waals surface area (Å²) in [6.45, 7) is 0.706. The van der Waals surface area contributed by atoms with Gasteiger partial charge in [0, 0.05) is 0 Å². The molecule has 0 amide bonds. The van der Waals surface area contributed by atoms with E-state index in [-0.39, 0.29) is 0 Å². The molecular formula is C16H14N2O. The fraction of sp³-hybridized carbons (Fsp3) is 0.188. The van der Waals surface area contributed by atoms with E-state index >= 15 is 0 Å². The number of hydrogen-bond donors (Lipinski definition) is 0. The summed E-state index contributed by atoms with van der Waals surface area (Å²) in [4.78, 5) is 4.47. The van der Waals surface area contributed by atoms with Crippen LogP contribution in [0.2, 0.25) is 0 Å². The summed E-state index contributed by atoms with van der Waals surface area (Å²) >= 11 is 0. The molecule has 1 aromatic heterocycles. The molecule has 1 atom stereocenters. The Morgan fingerprint density at radius 2 is 2.00 bits per heavy atom. The van der Waals surface area contributed by atoms with Gasteiger partial charge in [0.05, 0.1) is 17.9 Å². The average molecular weight is 250 g/mol. The standard InChI is InChI=1S/C16H14N2O/c1-2-5-12(6-3-1)9-13-10-19-15-8-4-7-14-16(15)18(13)11-17-14/h1-8,11,13H,9-10H2. The second-order valence-electron chi connectivity index (χ2n) is 4.93. The van der Waals surface area contributed by atoms with Crippen molar-refractivity contribution in [2.45, 2.75) is 12.5 Å². The van der Waals surface area contributed by atoms with Crippen LogP contribution in [0.25, 0.3) is 11.0 Å². The highest BCUT2D eigenvalue weighted by Crippen LogP contribution is 2.33. The molecule has 0 saturated heterocycles. The molecule has 0 radical (unpaired) electrons. The Labute approximate surface area is 111 Å². The highest BCUT2D eigenvalue weighted by Gasteiger charge is 2.22. The summed E-state index contributed by atoms with van der Waals surface area (Å²) < 4.78 is 8.13. The highest BCUT2D eigenvalue weighted by molar-refractivity contribution is 5.82. The van der Waals surface area contributed by atoms with Crippen LogP contribution in [0.5, 0.6) is 5.75 Å². The predicted octanol–water partition coefficient (Wildman–Crippen LogP) is 3.21.